The predicted molar refractivity (Wildman–Crippen MR) is 110 cm³/mol. The molecule has 5 nitrogen and oxygen atoms in total. The van der Waals surface area contributed by atoms with Gasteiger partial charge in [0.05, 0.1) is 11.4 Å². The maximum Gasteiger partial charge on any atom is 0.251 e. The molecule has 0 aliphatic carbocycles. The fourth-order valence-corrected chi connectivity index (χ4v) is 3.32. The Kier molecular flexibility index (Phi) is 4.48. The Morgan fingerprint density at radius 1 is 0.926 bits per heavy atom. The summed E-state index contributed by atoms with van der Waals surface area (Å²) >= 11 is 5.19. The first kappa shape index (κ1) is 17.1. The number of benzene rings is 3. The number of aliphatic imine (C=N–C) groups is 1. The van der Waals surface area contributed by atoms with Gasteiger partial charge in [0.2, 0.25) is 5.91 Å². The van der Waals surface area contributed by atoms with E-state index in [9.17, 15) is 9.59 Å². The van der Waals surface area contributed by atoms with Gasteiger partial charge in [-0.3, -0.25) is 19.5 Å². The van der Waals surface area contributed by atoms with E-state index in [2.05, 4.69) is 10.3 Å². The van der Waals surface area contributed by atoms with E-state index in [0.29, 0.717) is 11.4 Å². The maximum absolute atomic E-state index is 12.9. The van der Waals surface area contributed by atoms with Crippen molar-refractivity contribution >= 4 is 57.5 Å². The van der Waals surface area contributed by atoms with Crippen molar-refractivity contribution in [2.45, 2.75) is 0 Å². The van der Waals surface area contributed by atoms with Gasteiger partial charge in [-0.2, -0.15) is 0 Å². The number of nitrogens with one attached hydrogen (secondary N) is 1. The minimum atomic E-state index is -1.05. The Morgan fingerprint density at radius 2 is 1.63 bits per heavy atom. The molecule has 1 atom stereocenters. The van der Waals surface area contributed by atoms with Crippen LogP contribution < -0.4 is 10.2 Å². The largest absolute Gasteiger partial charge is 0.301 e. The molecule has 1 aliphatic heterocycles. The first-order chi connectivity index (χ1) is 13.1. The van der Waals surface area contributed by atoms with E-state index >= 15 is 0 Å². The Labute approximate surface area is 161 Å². The number of thiocarbonyl (C=S) groups is 1. The molecule has 0 bridgehead atoms. The van der Waals surface area contributed by atoms with Crippen molar-refractivity contribution < 1.29 is 9.59 Å². The standard InChI is InChI=1S/C21H15N3O2S/c25-19-17(13-22-18-12-6-8-14-7-4-5-11-16(14)18)20(26)24(21(27)23-19)15-9-2-1-3-10-15/h1-13,17H,(H,23,25,27)/t17-/m1/s1. The van der Waals surface area contributed by atoms with Crippen molar-refractivity contribution in [3.63, 3.8) is 0 Å². The Hall–Kier alpha value is -3.38. The van der Waals surface area contributed by atoms with Crippen molar-refractivity contribution in [2.75, 3.05) is 4.90 Å². The van der Waals surface area contributed by atoms with Gasteiger partial charge in [0.25, 0.3) is 5.91 Å². The van der Waals surface area contributed by atoms with Crippen LogP contribution in [0.15, 0.2) is 77.8 Å². The summed E-state index contributed by atoms with van der Waals surface area (Å²) in [6.45, 7) is 0. The lowest BCUT2D eigenvalue weighted by Crippen LogP contribution is -2.58. The van der Waals surface area contributed by atoms with Crippen LogP contribution in [0.5, 0.6) is 0 Å². The molecular formula is C21H15N3O2S. The topological polar surface area (TPSA) is 61.8 Å². The molecule has 1 fully saturated rings. The molecule has 3 aromatic rings. The molecule has 0 aromatic heterocycles. The van der Waals surface area contributed by atoms with Crippen molar-refractivity contribution in [3.05, 3.63) is 72.8 Å². The zero-order valence-corrected chi connectivity index (χ0v) is 15.0. The molecule has 1 saturated heterocycles. The van der Waals surface area contributed by atoms with Crippen molar-refractivity contribution in [2.24, 2.45) is 10.9 Å². The summed E-state index contributed by atoms with van der Waals surface area (Å²) in [7, 11) is 0. The Balaban J connectivity index is 1.68. The SMILES string of the molecule is O=C1NC(=S)N(c2ccccc2)C(=O)[C@@H]1C=Nc1cccc2ccccc12. The highest BCUT2D eigenvalue weighted by Gasteiger charge is 2.38. The van der Waals surface area contributed by atoms with Gasteiger partial charge in [-0.1, -0.05) is 54.6 Å². The molecule has 6 heteroatoms. The first-order valence-corrected chi connectivity index (χ1v) is 8.82. The zero-order chi connectivity index (χ0) is 18.8. The normalized spacial score (nSPS) is 17.6. The van der Waals surface area contributed by atoms with Crippen LogP contribution in [0.2, 0.25) is 0 Å². The number of carbonyl (C=O) groups excluding carboxylic acids is 2. The minimum absolute atomic E-state index is 0.0750. The van der Waals surface area contributed by atoms with Crippen LogP contribution in [0, 0.1) is 5.92 Å². The monoisotopic (exact) mass is 373 g/mol. The van der Waals surface area contributed by atoms with Gasteiger partial charge in [0.1, 0.15) is 0 Å². The van der Waals surface area contributed by atoms with E-state index in [0.717, 1.165) is 10.8 Å². The third-order valence-electron chi connectivity index (χ3n) is 4.35. The van der Waals surface area contributed by atoms with Crippen LogP contribution in [0.25, 0.3) is 10.8 Å². The second-order valence-electron chi connectivity index (χ2n) is 6.06. The number of fused-ring (bicyclic) bond motifs is 1. The molecule has 132 valence electrons. The van der Waals surface area contributed by atoms with Gasteiger partial charge < -0.3 is 5.32 Å². The van der Waals surface area contributed by atoms with E-state index in [-0.39, 0.29) is 5.11 Å². The number of anilines is 1. The summed E-state index contributed by atoms with van der Waals surface area (Å²) in [6.07, 6.45) is 1.39. The minimum Gasteiger partial charge on any atom is -0.301 e. The lowest BCUT2D eigenvalue weighted by molar-refractivity contribution is -0.130. The van der Waals surface area contributed by atoms with Crippen LogP contribution >= 0.6 is 12.2 Å². The smallest absolute Gasteiger partial charge is 0.251 e. The summed E-state index contributed by atoms with van der Waals surface area (Å²) in [4.78, 5) is 31.0. The second-order valence-corrected chi connectivity index (χ2v) is 6.44. The average molecular weight is 373 g/mol. The predicted octanol–water partition coefficient (Wildman–Crippen LogP) is 3.61. The van der Waals surface area contributed by atoms with Crippen molar-refractivity contribution in [3.8, 4) is 0 Å². The van der Waals surface area contributed by atoms with Crippen LogP contribution in [0.1, 0.15) is 0 Å². The van der Waals surface area contributed by atoms with Gasteiger partial charge in [0.15, 0.2) is 11.0 Å². The van der Waals surface area contributed by atoms with E-state index in [1.54, 1.807) is 24.3 Å². The average Bonchev–Trinajstić information content (AvgIpc) is 2.68. The molecule has 27 heavy (non-hydrogen) atoms. The summed E-state index contributed by atoms with van der Waals surface area (Å²) < 4.78 is 0. The summed E-state index contributed by atoms with van der Waals surface area (Å²) in [6, 6.07) is 22.5. The fourth-order valence-electron chi connectivity index (χ4n) is 3.02. The molecule has 1 N–H and O–H groups in total. The van der Waals surface area contributed by atoms with Gasteiger partial charge in [-0.25, -0.2) is 0 Å². The highest BCUT2D eigenvalue weighted by Crippen LogP contribution is 2.26. The Morgan fingerprint density at radius 3 is 2.44 bits per heavy atom. The molecule has 2 amide bonds. The number of hydrogen-bond acceptors (Lipinski definition) is 4. The third kappa shape index (κ3) is 3.22. The molecule has 0 saturated carbocycles. The summed E-state index contributed by atoms with van der Waals surface area (Å²) in [5.74, 6) is -1.93. The number of hydrogen-bond donors (Lipinski definition) is 1. The molecule has 1 heterocycles. The number of nitrogens with zero attached hydrogens (tertiary/aromatic N) is 2. The van der Waals surface area contributed by atoms with Crippen molar-refractivity contribution in [1.82, 2.24) is 5.32 Å². The van der Waals surface area contributed by atoms with Crippen molar-refractivity contribution in [1.29, 1.82) is 0 Å². The van der Waals surface area contributed by atoms with Gasteiger partial charge in [-0.15, -0.1) is 0 Å². The van der Waals surface area contributed by atoms with Crippen LogP contribution in [0.3, 0.4) is 0 Å². The molecule has 4 rings (SSSR count). The lowest BCUT2D eigenvalue weighted by Gasteiger charge is -2.30. The number of para-hydroxylation sites is 1. The molecule has 0 unspecified atom stereocenters. The molecule has 1 aliphatic rings. The van der Waals surface area contributed by atoms with E-state index in [1.165, 1.54) is 11.1 Å². The number of rotatable bonds is 3. The van der Waals surface area contributed by atoms with E-state index in [4.69, 9.17) is 12.2 Å². The van der Waals surface area contributed by atoms with E-state index < -0.39 is 17.7 Å². The Bertz CT molecular complexity index is 1070. The van der Waals surface area contributed by atoms with Gasteiger partial charge in [-0.05, 0) is 35.8 Å². The first-order valence-electron chi connectivity index (χ1n) is 8.41. The lowest BCUT2D eigenvalue weighted by atomic mass is 10.1. The van der Waals surface area contributed by atoms with Gasteiger partial charge >= 0.3 is 0 Å². The quantitative estimate of drug-likeness (QED) is 0.433. The molecule has 3 aromatic carbocycles. The fraction of sp³-hybridized carbons (Fsp3) is 0.0476. The highest BCUT2D eigenvalue weighted by molar-refractivity contribution is 7.80. The maximum atomic E-state index is 12.9. The summed E-state index contributed by atoms with van der Waals surface area (Å²) in [5, 5.41) is 4.66. The van der Waals surface area contributed by atoms with Crippen LogP contribution in [-0.2, 0) is 9.59 Å². The van der Waals surface area contributed by atoms with Crippen LogP contribution in [-0.4, -0.2) is 23.1 Å². The third-order valence-corrected chi connectivity index (χ3v) is 4.63. The van der Waals surface area contributed by atoms with E-state index in [1.807, 2.05) is 48.5 Å². The number of amides is 2. The second kappa shape index (κ2) is 7.09. The molecule has 0 spiro atoms. The highest BCUT2D eigenvalue weighted by atomic mass is 32.1. The molecular weight excluding hydrogens is 358 g/mol. The van der Waals surface area contributed by atoms with Crippen LogP contribution in [0.4, 0.5) is 11.4 Å². The molecule has 0 radical (unpaired) electrons. The zero-order valence-electron chi connectivity index (χ0n) is 14.2. The van der Waals surface area contributed by atoms with Gasteiger partial charge in [0, 0.05) is 11.6 Å². The summed E-state index contributed by atoms with van der Waals surface area (Å²) in [5.41, 5.74) is 1.31. The number of carbonyl (C=O) groups is 2.